The van der Waals surface area contributed by atoms with E-state index >= 15 is 0 Å². The first kappa shape index (κ1) is 20.4. The van der Waals surface area contributed by atoms with Crippen molar-refractivity contribution < 1.29 is 15.0 Å². The van der Waals surface area contributed by atoms with E-state index in [1.807, 2.05) is 37.3 Å². The normalized spacial score (nSPS) is 12.0. The zero-order chi connectivity index (χ0) is 21.8. The Labute approximate surface area is 177 Å². The molecule has 4 aromatic rings. The van der Waals surface area contributed by atoms with Crippen molar-refractivity contribution in [3.8, 4) is 11.5 Å². The molecule has 0 aliphatic heterocycles. The summed E-state index contributed by atoms with van der Waals surface area (Å²) < 4.78 is 1.69. The molecule has 1 unspecified atom stereocenters. The van der Waals surface area contributed by atoms with Crippen LogP contribution >= 0.6 is 0 Å². The van der Waals surface area contributed by atoms with E-state index in [0.717, 1.165) is 11.2 Å². The Kier molecular flexibility index (Phi) is 5.83. The maximum absolute atomic E-state index is 12.6. The molecule has 10 nitrogen and oxygen atoms in total. The van der Waals surface area contributed by atoms with Gasteiger partial charge in [0.1, 0.15) is 11.2 Å². The highest BCUT2D eigenvalue weighted by molar-refractivity contribution is 6.00. The zero-order valence-corrected chi connectivity index (χ0v) is 16.7. The van der Waals surface area contributed by atoms with Crippen molar-refractivity contribution in [3.63, 3.8) is 0 Å². The third-order valence-corrected chi connectivity index (χ3v) is 4.54. The fourth-order valence-corrected chi connectivity index (χ4v) is 2.98. The fraction of sp³-hybridized carbons (Fsp3) is 0.190. The molecule has 0 saturated heterocycles. The van der Waals surface area contributed by atoms with Crippen molar-refractivity contribution in [3.05, 3.63) is 66.2 Å². The van der Waals surface area contributed by atoms with E-state index in [1.165, 1.54) is 6.20 Å². The second-order valence-electron chi connectivity index (χ2n) is 6.88. The van der Waals surface area contributed by atoms with Gasteiger partial charge in [0.25, 0.3) is 5.91 Å². The van der Waals surface area contributed by atoms with Gasteiger partial charge in [-0.15, -0.1) is 5.10 Å². The van der Waals surface area contributed by atoms with Crippen LogP contribution in [0.3, 0.4) is 0 Å². The van der Waals surface area contributed by atoms with Crippen molar-refractivity contribution in [1.82, 2.24) is 29.9 Å². The monoisotopic (exact) mass is 419 g/mol. The van der Waals surface area contributed by atoms with Gasteiger partial charge >= 0.3 is 0 Å². The standard InChI is InChI=1S/C21H21N7O3/c1-13-4-2-5-17(24-13)19-26-20(18-6-3-9-28(18)27-19)25-16-7-8-22-11-15(16)21(31)23-10-14(30)12-29/h2-9,11,14,29-30H,10,12H2,1H3,(H,23,31)(H,22,25,26,27). The molecule has 0 aliphatic rings. The van der Waals surface area contributed by atoms with Crippen LogP contribution < -0.4 is 10.6 Å². The Morgan fingerprint density at radius 3 is 2.87 bits per heavy atom. The van der Waals surface area contributed by atoms with Gasteiger partial charge < -0.3 is 20.8 Å². The van der Waals surface area contributed by atoms with Crippen LogP contribution in [0.5, 0.6) is 0 Å². The Balaban J connectivity index is 1.69. The molecular weight excluding hydrogens is 398 g/mol. The Hall–Kier alpha value is -3.89. The van der Waals surface area contributed by atoms with Gasteiger partial charge in [-0.25, -0.2) is 14.5 Å². The lowest BCUT2D eigenvalue weighted by atomic mass is 10.2. The summed E-state index contributed by atoms with van der Waals surface area (Å²) in [5, 5.41) is 28.7. The third-order valence-electron chi connectivity index (χ3n) is 4.54. The minimum absolute atomic E-state index is 0.0801. The number of carbonyl (C=O) groups is 1. The van der Waals surface area contributed by atoms with E-state index in [4.69, 9.17) is 5.11 Å². The van der Waals surface area contributed by atoms with Gasteiger partial charge in [-0.05, 0) is 37.3 Å². The van der Waals surface area contributed by atoms with Crippen LogP contribution in [0, 0.1) is 6.92 Å². The van der Waals surface area contributed by atoms with Gasteiger partial charge in [-0.1, -0.05) is 6.07 Å². The molecule has 4 rings (SSSR count). The third kappa shape index (κ3) is 4.49. The van der Waals surface area contributed by atoms with E-state index in [9.17, 15) is 9.90 Å². The molecule has 0 saturated carbocycles. The molecule has 0 aromatic carbocycles. The average Bonchev–Trinajstić information content (AvgIpc) is 3.26. The number of pyridine rings is 2. The molecule has 0 aliphatic carbocycles. The number of aryl methyl sites for hydroxylation is 1. The highest BCUT2D eigenvalue weighted by atomic mass is 16.3. The lowest BCUT2D eigenvalue weighted by molar-refractivity contribution is 0.0802. The summed E-state index contributed by atoms with van der Waals surface area (Å²) in [6, 6.07) is 11.0. The molecule has 31 heavy (non-hydrogen) atoms. The van der Waals surface area contributed by atoms with Gasteiger partial charge in [0.2, 0.25) is 5.82 Å². The van der Waals surface area contributed by atoms with Crippen molar-refractivity contribution in [2.75, 3.05) is 18.5 Å². The molecule has 0 spiro atoms. The van der Waals surface area contributed by atoms with Crippen molar-refractivity contribution in [2.24, 2.45) is 0 Å². The summed E-state index contributed by atoms with van der Waals surface area (Å²) in [7, 11) is 0. The molecule has 0 radical (unpaired) electrons. The predicted molar refractivity (Wildman–Crippen MR) is 114 cm³/mol. The SMILES string of the molecule is Cc1cccc(-c2nc(Nc3ccncc3C(=O)NCC(O)CO)c3cccn3n2)n1. The van der Waals surface area contributed by atoms with Crippen molar-refractivity contribution >= 4 is 22.9 Å². The Bertz CT molecular complexity index is 1220. The molecule has 158 valence electrons. The van der Waals surface area contributed by atoms with E-state index in [0.29, 0.717) is 23.0 Å². The highest BCUT2D eigenvalue weighted by Gasteiger charge is 2.16. The number of nitrogens with one attached hydrogen (secondary N) is 2. The summed E-state index contributed by atoms with van der Waals surface area (Å²) in [4.78, 5) is 25.7. The van der Waals surface area contributed by atoms with Crippen LogP contribution in [0.2, 0.25) is 0 Å². The number of anilines is 2. The highest BCUT2D eigenvalue weighted by Crippen LogP contribution is 2.25. The Morgan fingerprint density at radius 1 is 1.19 bits per heavy atom. The first-order valence-electron chi connectivity index (χ1n) is 9.62. The summed E-state index contributed by atoms with van der Waals surface area (Å²) in [5.41, 5.74) is 2.95. The second-order valence-corrected chi connectivity index (χ2v) is 6.88. The second kappa shape index (κ2) is 8.86. The van der Waals surface area contributed by atoms with Crippen LogP contribution in [0.1, 0.15) is 16.1 Å². The van der Waals surface area contributed by atoms with Crippen LogP contribution in [0.15, 0.2) is 55.0 Å². The van der Waals surface area contributed by atoms with E-state index in [1.54, 1.807) is 23.0 Å². The quantitative estimate of drug-likeness (QED) is 0.352. The minimum atomic E-state index is -1.04. The molecule has 4 aromatic heterocycles. The first-order chi connectivity index (χ1) is 15.0. The number of amides is 1. The van der Waals surface area contributed by atoms with E-state index in [2.05, 4.69) is 30.7 Å². The summed E-state index contributed by atoms with van der Waals surface area (Å²) in [6.45, 7) is 1.37. The van der Waals surface area contributed by atoms with Crippen LogP contribution in [-0.2, 0) is 0 Å². The molecule has 4 heterocycles. The van der Waals surface area contributed by atoms with E-state index in [-0.39, 0.29) is 12.1 Å². The molecule has 1 amide bonds. The molecule has 1 atom stereocenters. The number of carbonyl (C=O) groups excluding carboxylic acids is 1. The number of hydrogen-bond donors (Lipinski definition) is 4. The van der Waals surface area contributed by atoms with Crippen LogP contribution in [0.4, 0.5) is 11.5 Å². The number of aliphatic hydroxyl groups is 2. The summed E-state index contributed by atoms with van der Waals surface area (Å²) in [5.74, 6) is 0.485. The number of aliphatic hydroxyl groups excluding tert-OH is 2. The van der Waals surface area contributed by atoms with Crippen LogP contribution in [0.25, 0.3) is 17.0 Å². The predicted octanol–water partition coefficient (Wildman–Crippen LogP) is 1.32. The molecule has 4 N–H and O–H groups in total. The van der Waals surface area contributed by atoms with Crippen LogP contribution in [-0.4, -0.2) is 59.9 Å². The van der Waals surface area contributed by atoms with E-state index < -0.39 is 18.6 Å². The number of aromatic nitrogens is 5. The summed E-state index contributed by atoms with van der Waals surface area (Å²) in [6.07, 6.45) is 3.74. The number of fused-ring (bicyclic) bond motifs is 1. The van der Waals surface area contributed by atoms with Crippen molar-refractivity contribution in [2.45, 2.75) is 13.0 Å². The topological polar surface area (TPSA) is 138 Å². The molecule has 0 fully saturated rings. The van der Waals surface area contributed by atoms with Gasteiger partial charge in [0.05, 0.1) is 24.0 Å². The maximum Gasteiger partial charge on any atom is 0.255 e. The lowest BCUT2D eigenvalue weighted by Crippen LogP contribution is -2.34. The minimum Gasteiger partial charge on any atom is -0.394 e. The smallest absolute Gasteiger partial charge is 0.255 e. The number of rotatable bonds is 7. The average molecular weight is 419 g/mol. The lowest BCUT2D eigenvalue weighted by Gasteiger charge is -2.14. The Morgan fingerprint density at radius 2 is 2.06 bits per heavy atom. The largest absolute Gasteiger partial charge is 0.394 e. The fourth-order valence-electron chi connectivity index (χ4n) is 2.98. The first-order valence-corrected chi connectivity index (χ1v) is 9.62. The zero-order valence-electron chi connectivity index (χ0n) is 16.7. The number of hydrogen-bond acceptors (Lipinski definition) is 8. The molecule has 0 bridgehead atoms. The molecule has 10 heteroatoms. The van der Waals surface area contributed by atoms with Gasteiger partial charge in [-0.2, -0.15) is 0 Å². The van der Waals surface area contributed by atoms with Gasteiger partial charge in [0, 0.05) is 30.8 Å². The maximum atomic E-state index is 12.6. The van der Waals surface area contributed by atoms with Gasteiger partial charge in [-0.3, -0.25) is 9.78 Å². The van der Waals surface area contributed by atoms with Crippen molar-refractivity contribution in [1.29, 1.82) is 0 Å². The number of nitrogens with zero attached hydrogens (tertiary/aromatic N) is 5. The molecular formula is C21H21N7O3. The summed E-state index contributed by atoms with van der Waals surface area (Å²) >= 11 is 0. The van der Waals surface area contributed by atoms with Gasteiger partial charge in [0.15, 0.2) is 5.82 Å².